The summed E-state index contributed by atoms with van der Waals surface area (Å²) < 4.78 is 25.5. The predicted octanol–water partition coefficient (Wildman–Crippen LogP) is 2.29. The maximum absolute atomic E-state index is 12.8. The maximum atomic E-state index is 12.8. The Balaban J connectivity index is 2.34. The third-order valence-corrected chi connectivity index (χ3v) is 2.23. The highest BCUT2D eigenvalue weighted by Crippen LogP contribution is 2.12. The molecular weight excluding hydrogens is 226 g/mol. The topological polar surface area (TPSA) is 41.1 Å². The van der Waals surface area contributed by atoms with Gasteiger partial charge in [0.15, 0.2) is 11.6 Å². The van der Waals surface area contributed by atoms with Gasteiger partial charge in [-0.3, -0.25) is 4.79 Å². The second-order valence-electron chi connectivity index (χ2n) is 3.69. The fraction of sp³-hybridized carbons (Fsp3) is 0.417. The molecule has 0 spiro atoms. The molecule has 1 rings (SSSR count). The fourth-order valence-electron chi connectivity index (χ4n) is 1.26. The minimum absolute atomic E-state index is 0.0504. The van der Waals surface area contributed by atoms with Gasteiger partial charge in [0.05, 0.1) is 6.54 Å². The molecule has 0 aliphatic rings. The van der Waals surface area contributed by atoms with Crippen molar-refractivity contribution in [2.75, 3.05) is 18.4 Å². The molecule has 1 aromatic carbocycles. The van der Waals surface area contributed by atoms with Crippen molar-refractivity contribution in [3.8, 4) is 0 Å². The number of benzene rings is 1. The third kappa shape index (κ3) is 4.80. The Bertz CT molecular complexity index is 383. The second-order valence-corrected chi connectivity index (χ2v) is 3.69. The van der Waals surface area contributed by atoms with E-state index in [9.17, 15) is 13.6 Å². The molecular formula is C12H16F2N2O. The van der Waals surface area contributed by atoms with E-state index in [-0.39, 0.29) is 12.5 Å². The van der Waals surface area contributed by atoms with Gasteiger partial charge in [-0.1, -0.05) is 13.3 Å². The minimum Gasteiger partial charge on any atom is -0.376 e. The van der Waals surface area contributed by atoms with E-state index in [1.807, 2.05) is 6.92 Å². The van der Waals surface area contributed by atoms with Crippen LogP contribution in [0.4, 0.5) is 14.5 Å². The first-order chi connectivity index (χ1) is 8.13. The van der Waals surface area contributed by atoms with Crippen LogP contribution < -0.4 is 10.6 Å². The van der Waals surface area contributed by atoms with Gasteiger partial charge < -0.3 is 10.6 Å². The Morgan fingerprint density at radius 1 is 1.29 bits per heavy atom. The van der Waals surface area contributed by atoms with Gasteiger partial charge in [0.2, 0.25) is 5.91 Å². The molecule has 94 valence electrons. The smallest absolute Gasteiger partial charge is 0.239 e. The highest BCUT2D eigenvalue weighted by atomic mass is 19.2. The molecule has 0 aliphatic carbocycles. The van der Waals surface area contributed by atoms with Crippen molar-refractivity contribution >= 4 is 11.6 Å². The summed E-state index contributed by atoms with van der Waals surface area (Å²) in [6.45, 7) is 2.72. The van der Waals surface area contributed by atoms with Crippen LogP contribution in [-0.4, -0.2) is 19.0 Å². The van der Waals surface area contributed by atoms with Gasteiger partial charge in [-0.2, -0.15) is 0 Å². The molecule has 2 N–H and O–H groups in total. The first-order valence-corrected chi connectivity index (χ1v) is 5.59. The number of hydrogen-bond donors (Lipinski definition) is 2. The van der Waals surface area contributed by atoms with Crippen LogP contribution in [-0.2, 0) is 4.79 Å². The summed E-state index contributed by atoms with van der Waals surface area (Å²) in [6, 6.07) is 3.43. The van der Waals surface area contributed by atoms with Crippen molar-refractivity contribution in [1.29, 1.82) is 0 Å². The number of rotatable bonds is 6. The lowest BCUT2D eigenvalue weighted by Gasteiger charge is -2.07. The molecule has 1 aromatic rings. The largest absolute Gasteiger partial charge is 0.376 e. The van der Waals surface area contributed by atoms with Gasteiger partial charge >= 0.3 is 0 Å². The van der Waals surface area contributed by atoms with Crippen LogP contribution in [0.2, 0.25) is 0 Å². The van der Waals surface area contributed by atoms with Crippen molar-refractivity contribution in [2.24, 2.45) is 0 Å². The van der Waals surface area contributed by atoms with Crippen LogP contribution in [0, 0.1) is 11.6 Å². The van der Waals surface area contributed by atoms with E-state index < -0.39 is 11.6 Å². The van der Waals surface area contributed by atoms with E-state index in [1.165, 1.54) is 6.07 Å². The molecule has 0 saturated carbocycles. The molecule has 0 aromatic heterocycles. The van der Waals surface area contributed by atoms with E-state index in [1.54, 1.807) is 0 Å². The van der Waals surface area contributed by atoms with Gasteiger partial charge in [0.1, 0.15) is 0 Å². The first kappa shape index (κ1) is 13.4. The molecule has 0 bridgehead atoms. The number of hydrogen-bond acceptors (Lipinski definition) is 2. The van der Waals surface area contributed by atoms with Crippen molar-refractivity contribution in [1.82, 2.24) is 5.32 Å². The average Bonchev–Trinajstić information content (AvgIpc) is 2.31. The van der Waals surface area contributed by atoms with Crippen LogP contribution >= 0.6 is 0 Å². The van der Waals surface area contributed by atoms with Gasteiger partial charge in [-0.15, -0.1) is 0 Å². The van der Waals surface area contributed by atoms with Crippen molar-refractivity contribution in [2.45, 2.75) is 19.8 Å². The van der Waals surface area contributed by atoms with E-state index >= 15 is 0 Å². The molecule has 17 heavy (non-hydrogen) atoms. The number of carbonyl (C=O) groups is 1. The van der Waals surface area contributed by atoms with Gasteiger partial charge in [-0.25, -0.2) is 8.78 Å². The number of unbranched alkanes of at least 4 members (excludes halogenated alkanes) is 1. The summed E-state index contributed by atoms with van der Waals surface area (Å²) >= 11 is 0. The Hall–Kier alpha value is -1.65. The number of halogens is 2. The molecule has 5 heteroatoms. The van der Waals surface area contributed by atoms with Gasteiger partial charge in [-0.05, 0) is 18.6 Å². The standard InChI is InChI=1S/C12H16F2N2O/c1-2-3-6-15-12(17)8-16-9-4-5-10(13)11(14)7-9/h4-5,7,16H,2-3,6,8H2,1H3,(H,15,17). The maximum Gasteiger partial charge on any atom is 0.239 e. The van der Waals surface area contributed by atoms with Crippen molar-refractivity contribution in [3.63, 3.8) is 0 Å². The Morgan fingerprint density at radius 3 is 2.71 bits per heavy atom. The van der Waals surface area contributed by atoms with Crippen LogP contribution in [0.25, 0.3) is 0 Å². The van der Waals surface area contributed by atoms with Gasteiger partial charge in [0, 0.05) is 18.3 Å². The molecule has 1 amide bonds. The summed E-state index contributed by atoms with van der Waals surface area (Å²) in [4.78, 5) is 11.3. The van der Waals surface area contributed by atoms with Crippen LogP contribution in [0.15, 0.2) is 18.2 Å². The summed E-state index contributed by atoms with van der Waals surface area (Å²) in [6.07, 6.45) is 1.94. The zero-order valence-corrected chi connectivity index (χ0v) is 9.72. The molecule has 3 nitrogen and oxygen atoms in total. The lowest BCUT2D eigenvalue weighted by atomic mass is 10.3. The zero-order chi connectivity index (χ0) is 12.7. The zero-order valence-electron chi connectivity index (χ0n) is 9.72. The lowest BCUT2D eigenvalue weighted by molar-refractivity contribution is -0.119. The normalized spacial score (nSPS) is 10.1. The molecule has 0 saturated heterocycles. The minimum atomic E-state index is -0.929. The highest BCUT2D eigenvalue weighted by Gasteiger charge is 2.04. The molecule has 0 aliphatic heterocycles. The van der Waals surface area contributed by atoms with Crippen molar-refractivity contribution < 1.29 is 13.6 Å². The highest BCUT2D eigenvalue weighted by molar-refractivity contribution is 5.80. The van der Waals surface area contributed by atoms with Crippen molar-refractivity contribution in [3.05, 3.63) is 29.8 Å². The Labute approximate surface area is 99.2 Å². The first-order valence-electron chi connectivity index (χ1n) is 5.59. The van der Waals surface area contributed by atoms with E-state index in [0.717, 1.165) is 25.0 Å². The SMILES string of the molecule is CCCCNC(=O)CNc1ccc(F)c(F)c1. The number of carbonyl (C=O) groups excluding carboxylic acids is 1. The third-order valence-electron chi connectivity index (χ3n) is 2.23. The van der Waals surface area contributed by atoms with Gasteiger partial charge in [0.25, 0.3) is 0 Å². The van der Waals surface area contributed by atoms with E-state index in [0.29, 0.717) is 12.2 Å². The van der Waals surface area contributed by atoms with E-state index in [2.05, 4.69) is 10.6 Å². The molecule has 0 unspecified atom stereocenters. The van der Waals surface area contributed by atoms with Crippen LogP contribution in [0.5, 0.6) is 0 Å². The molecule has 0 fully saturated rings. The Morgan fingerprint density at radius 2 is 2.06 bits per heavy atom. The fourth-order valence-corrected chi connectivity index (χ4v) is 1.26. The van der Waals surface area contributed by atoms with E-state index in [4.69, 9.17) is 0 Å². The average molecular weight is 242 g/mol. The number of anilines is 1. The molecule has 0 radical (unpaired) electrons. The lowest BCUT2D eigenvalue weighted by Crippen LogP contribution is -2.30. The summed E-state index contributed by atoms with van der Waals surface area (Å²) in [5.41, 5.74) is 0.384. The van der Waals surface area contributed by atoms with Crippen LogP contribution in [0.3, 0.4) is 0 Å². The summed E-state index contributed by atoms with van der Waals surface area (Å²) in [5.74, 6) is -1.99. The number of amides is 1. The second kappa shape index (κ2) is 6.83. The molecule has 0 heterocycles. The number of nitrogens with one attached hydrogen (secondary N) is 2. The quantitative estimate of drug-likeness (QED) is 0.751. The molecule has 0 atom stereocenters. The predicted molar refractivity (Wildman–Crippen MR) is 62.8 cm³/mol. The van der Waals surface area contributed by atoms with Crippen LogP contribution in [0.1, 0.15) is 19.8 Å². The summed E-state index contributed by atoms with van der Waals surface area (Å²) in [5, 5.41) is 5.43. The monoisotopic (exact) mass is 242 g/mol. The summed E-state index contributed by atoms with van der Waals surface area (Å²) in [7, 11) is 0. The Kier molecular flexibility index (Phi) is 5.39.